The van der Waals surface area contributed by atoms with E-state index in [2.05, 4.69) is 10.2 Å². The van der Waals surface area contributed by atoms with Crippen LogP contribution in [-0.2, 0) is 20.8 Å². The number of carbonyl (C=O) groups is 3. The summed E-state index contributed by atoms with van der Waals surface area (Å²) in [6, 6.07) is 4.72. The molecule has 0 radical (unpaired) electrons. The molecule has 7 nitrogen and oxygen atoms in total. The molecule has 1 aromatic rings. The minimum Gasteiger partial charge on any atom is -0.479 e. The molecule has 2 amide bonds. The van der Waals surface area contributed by atoms with Gasteiger partial charge in [-0.25, -0.2) is 10.3 Å². The van der Waals surface area contributed by atoms with Crippen molar-refractivity contribution >= 4 is 23.5 Å². The number of fused-ring (bicyclic) bond motifs is 1. The third-order valence-corrected chi connectivity index (χ3v) is 2.36. The van der Waals surface area contributed by atoms with Gasteiger partial charge in [0.05, 0.1) is 6.42 Å². The third-order valence-electron chi connectivity index (χ3n) is 2.36. The summed E-state index contributed by atoms with van der Waals surface area (Å²) in [4.78, 5) is 37.3. The molecule has 0 aliphatic carbocycles. The third kappa shape index (κ3) is 2.64. The molecule has 0 bridgehead atoms. The van der Waals surface area contributed by atoms with Crippen LogP contribution >= 0.6 is 0 Å². The number of hydrogen-bond donors (Lipinski definition) is 3. The van der Waals surface area contributed by atoms with E-state index in [1.807, 2.05) is 5.48 Å². The van der Waals surface area contributed by atoms with Gasteiger partial charge < -0.3 is 10.4 Å². The second-order valence-electron chi connectivity index (χ2n) is 3.71. The molecule has 0 atom stereocenters. The highest BCUT2D eigenvalue weighted by atomic mass is 16.7. The Balaban J connectivity index is 2.01. The monoisotopic (exact) mass is 250 g/mol. The lowest BCUT2D eigenvalue weighted by Gasteiger charge is -2.05. The van der Waals surface area contributed by atoms with E-state index in [4.69, 9.17) is 5.11 Å². The van der Waals surface area contributed by atoms with E-state index in [9.17, 15) is 14.4 Å². The van der Waals surface area contributed by atoms with E-state index >= 15 is 0 Å². The maximum atomic E-state index is 11.6. The number of rotatable bonds is 4. The Morgan fingerprint density at radius 3 is 2.94 bits per heavy atom. The highest BCUT2D eigenvalue weighted by Crippen LogP contribution is 2.23. The molecule has 1 aromatic carbocycles. The van der Waals surface area contributed by atoms with Crippen molar-refractivity contribution < 1.29 is 24.3 Å². The Morgan fingerprint density at radius 1 is 1.44 bits per heavy atom. The molecule has 3 N–H and O–H groups in total. The SMILES string of the molecule is O=C(O)CONC(=O)c1ccc2c(c1)NC(=O)C2. The highest BCUT2D eigenvalue weighted by Gasteiger charge is 2.19. The molecule has 0 aromatic heterocycles. The fraction of sp³-hybridized carbons (Fsp3) is 0.182. The standard InChI is InChI=1S/C11H10N2O5/c14-9-4-6-1-2-7(3-8(6)12-9)11(17)13-18-5-10(15)16/h1-3H,4-5H2,(H,12,14)(H,13,17)(H,15,16). The van der Waals surface area contributed by atoms with Crippen molar-refractivity contribution in [2.24, 2.45) is 0 Å². The van der Waals surface area contributed by atoms with E-state index < -0.39 is 18.5 Å². The average molecular weight is 250 g/mol. The van der Waals surface area contributed by atoms with Crippen molar-refractivity contribution in [3.63, 3.8) is 0 Å². The smallest absolute Gasteiger partial charge is 0.332 e. The normalized spacial score (nSPS) is 12.8. The van der Waals surface area contributed by atoms with Gasteiger partial charge in [-0.1, -0.05) is 6.07 Å². The molecular formula is C11H10N2O5. The summed E-state index contributed by atoms with van der Waals surface area (Å²) >= 11 is 0. The Labute approximate surface area is 102 Å². The molecule has 0 unspecified atom stereocenters. The number of carboxylic acids is 1. The molecule has 0 saturated heterocycles. The van der Waals surface area contributed by atoms with Crippen molar-refractivity contribution in [2.45, 2.75) is 6.42 Å². The lowest BCUT2D eigenvalue weighted by Crippen LogP contribution is -2.26. The largest absolute Gasteiger partial charge is 0.479 e. The quantitative estimate of drug-likeness (QED) is 0.648. The number of aliphatic carboxylic acids is 1. The maximum absolute atomic E-state index is 11.6. The Hall–Kier alpha value is -2.41. The molecule has 1 aliphatic rings. The summed E-state index contributed by atoms with van der Waals surface area (Å²) in [6.07, 6.45) is 0.298. The summed E-state index contributed by atoms with van der Waals surface area (Å²) in [5.41, 5.74) is 3.69. The van der Waals surface area contributed by atoms with Crippen LogP contribution in [0.5, 0.6) is 0 Å². The Morgan fingerprint density at radius 2 is 2.22 bits per heavy atom. The summed E-state index contributed by atoms with van der Waals surface area (Å²) in [6.45, 7) is -0.618. The molecular weight excluding hydrogens is 240 g/mol. The Kier molecular flexibility index (Phi) is 3.24. The minimum atomic E-state index is -1.18. The first kappa shape index (κ1) is 12.1. The van der Waals surface area contributed by atoms with Gasteiger partial charge in [-0.2, -0.15) is 0 Å². The number of carboxylic acid groups (broad SMARTS) is 1. The summed E-state index contributed by atoms with van der Waals surface area (Å²) in [7, 11) is 0. The number of hydrogen-bond acceptors (Lipinski definition) is 4. The summed E-state index contributed by atoms with van der Waals surface area (Å²) in [5.74, 6) is -1.87. The van der Waals surface area contributed by atoms with Crippen LogP contribution in [0.3, 0.4) is 0 Å². The van der Waals surface area contributed by atoms with Crippen LogP contribution < -0.4 is 10.8 Å². The summed E-state index contributed by atoms with van der Waals surface area (Å²) in [5, 5.41) is 10.9. The lowest BCUT2D eigenvalue weighted by molar-refractivity contribution is -0.144. The molecule has 2 rings (SSSR count). The molecule has 0 fully saturated rings. The van der Waals surface area contributed by atoms with E-state index in [1.165, 1.54) is 6.07 Å². The van der Waals surface area contributed by atoms with Gasteiger partial charge >= 0.3 is 5.97 Å². The zero-order valence-electron chi connectivity index (χ0n) is 9.23. The number of carbonyl (C=O) groups excluding carboxylic acids is 2. The van der Waals surface area contributed by atoms with Crippen LogP contribution in [0, 0.1) is 0 Å². The fourth-order valence-electron chi connectivity index (χ4n) is 1.58. The number of hydroxylamine groups is 1. The number of anilines is 1. The van der Waals surface area contributed by atoms with E-state index in [0.717, 1.165) is 5.56 Å². The Bertz CT molecular complexity index is 526. The lowest BCUT2D eigenvalue weighted by atomic mass is 10.1. The van der Waals surface area contributed by atoms with Crippen LogP contribution in [0.1, 0.15) is 15.9 Å². The summed E-state index contributed by atoms with van der Waals surface area (Å²) < 4.78 is 0. The van der Waals surface area contributed by atoms with Crippen molar-refractivity contribution in [3.05, 3.63) is 29.3 Å². The van der Waals surface area contributed by atoms with Gasteiger partial charge in [0.2, 0.25) is 5.91 Å². The molecule has 1 aliphatic heterocycles. The van der Waals surface area contributed by atoms with Gasteiger partial charge in [-0.15, -0.1) is 0 Å². The van der Waals surface area contributed by atoms with Crippen LogP contribution in [0.25, 0.3) is 0 Å². The molecule has 0 spiro atoms. The first-order valence-corrected chi connectivity index (χ1v) is 5.13. The van der Waals surface area contributed by atoms with Crippen LogP contribution in [0.2, 0.25) is 0 Å². The van der Waals surface area contributed by atoms with Crippen molar-refractivity contribution in [2.75, 3.05) is 11.9 Å². The van der Waals surface area contributed by atoms with Gasteiger partial charge in [0.1, 0.15) is 0 Å². The second kappa shape index (κ2) is 4.84. The van der Waals surface area contributed by atoms with Crippen LogP contribution in [0.4, 0.5) is 5.69 Å². The first-order chi connectivity index (χ1) is 8.56. The predicted molar refractivity (Wildman–Crippen MR) is 59.8 cm³/mol. The molecule has 94 valence electrons. The number of nitrogens with one attached hydrogen (secondary N) is 2. The zero-order valence-corrected chi connectivity index (χ0v) is 9.23. The first-order valence-electron chi connectivity index (χ1n) is 5.13. The molecule has 0 saturated carbocycles. The highest BCUT2D eigenvalue weighted by molar-refractivity contribution is 6.02. The van der Waals surface area contributed by atoms with Crippen molar-refractivity contribution in [1.82, 2.24) is 5.48 Å². The predicted octanol–water partition coefficient (Wildman–Crippen LogP) is -0.0728. The van der Waals surface area contributed by atoms with Gasteiger partial charge in [0.25, 0.3) is 5.91 Å². The van der Waals surface area contributed by atoms with Crippen molar-refractivity contribution in [3.8, 4) is 0 Å². The molecule has 18 heavy (non-hydrogen) atoms. The number of benzene rings is 1. The van der Waals surface area contributed by atoms with E-state index in [1.54, 1.807) is 12.1 Å². The fourth-order valence-corrected chi connectivity index (χ4v) is 1.58. The van der Waals surface area contributed by atoms with Crippen LogP contribution in [-0.4, -0.2) is 29.5 Å². The number of amides is 2. The van der Waals surface area contributed by atoms with Gasteiger partial charge in [-0.3, -0.25) is 14.4 Å². The van der Waals surface area contributed by atoms with E-state index in [-0.39, 0.29) is 11.5 Å². The minimum absolute atomic E-state index is 0.121. The van der Waals surface area contributed by atoms with E-state index in [0.29, 0.717) is 12.1 Å². The van der Waals surface area contributed by atoms with Gasteiger partial charge in [-0.05, 0) is 17.7 Å². The molecule has 7 heteroatoms. The zero-order chi connectivity index (χ0) is 13.1. The topological polar surface area (TPSA) is 105 Å². The second-order valence-corrected chi connectivity index (χ2v) is 3.71. The average Bonchev–Trinajstić information content (AvgIpc) is 2.67. The molecule has 1 heterocycles. The van der Waals surface area contributed by atoms with Crippen molar-refractivity contribution in [1.29, 1.82) is 0 Å². The maximum Gasteiger partial charge on any atom is 0.332 e. The van der Waals surface area contributed by atoms with Gasteiger partial charge in [0, 0.05) is 11.3 Å². The van der Waals surface area contributed by atoms with Crippen LogP contribution in [0.15, 0.2) is 18.2 Å². The van der Waals surface area contributed by atoms with Gasteiger partial charge in [0.15, 0.2) is 6.61 Å².